The summed E-state index contributed by atoms with van der Waals surface area (Å²) < 4.78 is 0. The molecule has 23 heavy (non-hydrogen) atoms. The summed E-state index contributed by atoms with van der Waals surface area (Å²) in [6, 6.07) is 8.04. The van der Waals surface area contributed by atoms with E-state index >= 15 is 0 Å². The molecule has 0 radical (unpaired) electrons. The molecular weight excluding hydrogens is 288 g/mol. The first-order valence-electron chi connectivity index (χ1n) is 8.21. The number of nitrogens with one attached hydrogen (secondary N) is 2. The van der Waals surface area contributed by atoms with Gasteiger partial charge in [-0.2, -0.15) is 0 Å². The Morgan fingerprint density at radius 2 is 2.00 bits per heavy atom. The van der Waals surface area contributed by atoms with Crippen molar-refractivity contribution < 1.29 is 4.79 Å². The molecule has 2 heterocycles. The highest BCUT2D eigenvalue weighted by Gasteiger charge is 2.15. The fourth-order valence-electron chi connectivity index (χ4n) is 2.88. The molecule has 0 saturated heterocycles. The molecule has 0 spiro atoms. The van der Waals surface area contributed by atoms with Crippen molar-refractivity contribution in [2.75, 3.05) is 0 Å². The van der Waals surface area contributed by atoms with Gasteiger partial charge in [-0.05, 0) is 36.6 Å². The lowest BCUT2D eigenvalue weighted by Gasteiger charge is -2.22. The van der Waals surface area contributed by atoms with E-state index in [1.807, 2.05) is 24.3 Å². The second kappa shape index (κ2) is 7.72. The van der Waals surface area contributed by atoms with Gasteiger partial charge in [0.25, 0.3) is 0 Å². The number of amides is 2. The van der Waals surface area contributed by atoms with Crippen LogP contribution in [0.5, 0.6) is 0 Å². The van der Waals surface area contributed by atoms with E-state index in [0.29, 0.717) is 12.6 Å². The van der Waals surface area contributed by atoms with Crippen molar-refractivity contribution in [2.24, 2.45) is 0 Å². The number of pyridine rings is 2. The predicted octanol–water partition coefficient (Wildman–Crippen LogP) is 3.28. The number of nitrogens with zero attached hydrogens (tertiary/aromatic N) is 2. The maximum Gasteiger partial charge on any atom is 0.315 e. The SMILES string of the molecule is O=C(NCc1ccc(-c2cccnc2)nc1)NC1CCCCC1. The summed E-state index contributed by atoms with van der Waals surface area (Å²) in [4.78, 5) is 20.4. The normalized spacial score (nSPS) is 15.1. The zero-order valence-electron chi connectivity index (χ0n) is 13.2. The monoisotopic (exact) mass is 310 g/mol. The first-order valence-corrected chi connectivity index (χ1v) is 8.21. The Bertz CT molecular complexity index is 621. The number of hydrogen-bond donors (Lipinski definition) is 2. The molecule has 0 atom stereocenters. The molecule has 3 rings (SSSR count). The van der Waals surface area contributed by atoms with E-state index in [-0.39, 0.29) is 6.03 Å². The van der Waals surface area contributed by atoms with Crippen LogP contribution in [0.4, 0.5) is 4.79 Å². The predicted molar refractivity (Wildman–Crippen MR) is 89.7 cm³/mol. The van der Waals surface area contributed by atoms with Crippen molar-refractivity contribution in [1.82, 2.24) is 20.6 Å². The van der Waals surface area contributed by atoms with Crippen LogP contribution in [0.3, 0.4) is 0 Å². The van der Waals surface area contributed by atoms with Crippen LogP contribution in [0.25, 0.3) is 11.3 Å². The maximum atomic E-state index is 11.9. The molecule has 120 valence electrons. The fraction of sp³-hybridized carbons (Fsp3) is 0.389. The van der Waals surface area contributed by atoms with Crippen molar-refractivity contribution in [2.45, 2.75) is 44.7 Å². The first kappa shape index (κ1) is 15.5. The second-order valence-electron chi connectivity index (χ2n) is 5.96. The number of hydrogen-bond acceptors (Lipinski definition) is 3. The molecule has 0 aliphatic heterocycles. The number of carbonyl (C=O) groups is 1. The molecule has 5 heteroatoms. The zero-order chi connectivity index (χ0) is 15.9. The van der Waals surface area contributed by atoms with Gasteiger partial charge in [0, 0.05) is 36.7 Å². The summed E-state index contributed by atoms with van der Waals surface area (Å²) in [5.74, 6) is 0. The highest BCUT2D eigenvalue weighted by Crippen LogP contribution is 2.17. The Balaban J connectivity index is 1.49. The summed E-state index contributed by atoms with van der Waals surface area (Å²) >= 11 is 0. The van der Waals surface area contributed by atoms with Gasteiger partial charge in [0.2, 0.25) is 0 Å². The third kappa shape index (κ3) is 4.52. The quantitative estimate of drug-likeness (QED) is 0.910. The second-order valence-corrected chi connectivity index (χ2v) is 5.96. The Kier molecular flexibility index (Phi) is 5.19. The minimum absolute atomic E-state index is 0.0896. The average Bonchev–Trinajstić information content (AvgIpc) is 2.62. The standard InChI is InChI=1S/C18H22N4O/c23-18(22-16-6-2-1-3-7-16)21-12-14-8-9-17(20-11-14)15-5-4-10-19-13-15/h4-5,8-11,13,16H,1-3,6-7,12H2,(H2,21,22,23). The molecule has 1 aliphatic rings. The van der Waals surface area contributed by atoms with Crippen LogP contribution >= 0.6 is 0 Å². The Hall–Kier alpha value is -2.43. The van der Waals surface area contributed by atoms with Crippen LogP contribution in [0.1, 0.15) is 37.7 Å². The van der Waals surface area contributed by atoms with Gasteiger partial charge >= 0.3 is 6.03 Å². The molecule has 1 saturated carbocycles. The van der Waals surface area contributed by atoms with Gasteiger partial charge in [-0.1, -0.05) is 25.3 Å². The van der Waals surface area contributed by atoms with Gasteiger partial charge in [0.15, 0.2) is 0 Å². The van der Waals surface area contributed by atoms with Crippen molar-refractivity contribution in [1.29, 1.82) is 0 Å². The number of urea groups is 1. The van der Waals surface area contributed by atoms with E-state index in [9.17, 15) is 4.79 Å². The minimum Gasteiger partial charge on any atom is -0.335 e. The lowest BCUT2D eigenvalue weighted by Crippen LogP contribution is -2.42. The number of aromatic nitrogens is 2. The van der Waals surface area contributed by atoms with Crippen LogP contribution in [0, 0.1) is 0 Å². The van der Waals surface area contributed by atoms with Gasteiger partial charge in [-0.15, -0.1) is 0 Å². The van der Waals surface area contributed by atoms with Crippen LogP contribution in [-0.2, 0) is 6.54 Å². The molecule has 2 amide bonds. The van der Waals surface area contributed by atoms with E-state index in [0.717, 1.165) is 29.7 Å². The third-order valence-electron chi connectivity index (χ3n) is 4.18. The number of rotatable bonds is 4. The summed E-state index contributed by atoms with van der Waals surface area (Å²) in [6.07, 6.45) is 11.2. The van der Waals surface area contributed by atoms with E-state index in [1.54, 1.807) is 18.6 Å². The van der Waals surface area contributed by atoms with Crippen molar-refractivity contribution in [3.63, 3.8) is 0 Å². The van der Waals surface area contributed by atoms with Crippen molar-refractivity contribution in [3.8, 4) is 11.3 Å². The fourth-order valence-corrected chi connectivity index (χ4v) is 2.88. The Morgan fingerprint density at radius 3 is 2.70 bits per heavy atom. The third-order valence-corrected chi connectivity index (χ3v) is 4.18. The topological polar surface area (TPSA) is 66.9 Å². The lowest BCUT2D eigenvalue weighted by molar-refractivity contribution is 0.232. The van der Waals surface area contributed by atoms with Gasteiger partial charge in [0.05, 0.1) is 5.69 Å². The Morgan fingerprint density at radius 1 is 1.13 bits per heavy atom. The largest absolute Gasteiger partial charge is 0.335 e. The molecule has 1 aliphatic carbocycles. The Labute approximate surface area is 136 Å². The molecular formula is C18H22N4O. The van der Waals surface area contributed by atoms with Crippen LogP contribution in [-0.4, -0.2) is 22.0 Å². The molecule has 0 bridgehead atoms. The molecule has 0 aromatic carbocycles. The van der Waals surface area contributed by atoms with Gasteiger partial charge in [0.1, 0.15) is 0 Å². The molecule has 2 aromatic heterocycles. The van der Waals surface area contributed by atoms with Gasteiger partial charge in [-0.3, -0.25) is 9.97 Å². The van der Waals surface area contributed by atoms with E-state index in [2.05, 4.69) is 20.6 Å². The molecule has 0 unspecified atom stereocenters. The summed E-state index contributed by atoms with van der Waals surface area (Å²) in [6.45, 7) is 0.485. The highest BCUT2D eigenvalue weighted by molar-refractivity contribution is 5.74. The highest BCUT2D eigenvalue weighted by atomic mass is 16.2. The average molecular weight is 310 g/mol. The summed E-state index contributed by atoms with van der Waals surface area (Å²) in [5, 5.41) is 5.95. The molecule has 5 nitrogen and oxygen atoms in total. The van der Waals surface area contributed by atoms with E-state index < -0.39 is 0 Å². The maximum absolute atomic E-state index is 11.9. The van der Waals surface area contributed by atoms with Gasteiger partial charge < -0.3 is 10.6 Å². The van der Waals surface area contributed by atoms with Crippen LogP contribution in [0.2, 0.25) is 0 Å². The smallest absolute Gasteiger partial charge is 0.315 e. The number of carbonyl (C=O) groups excluding carboxylic acids is 1. The first-order chi connectivity index (χ1) is 11.3. The molecule has 2 aromatic rings. The van der Waals surface area contributed by atoms with Crippen LogP contribution < -0.4 is 10.6 Å². The van der Waals surface area contributed by atoms with Gasteiger partial charge in [-0.25, -0.2) is 4.79 Å². The van der Waals surface area contributed by atoms with Crippen LogP contribution in [0.15, 0.2) is 42.9 Å². The van der Waals surface area contributed by atoms with E-state index in [4.69, 9.17) is 0 Å². The van der Waals surface area contributed by atoms with Crippen molar-refractivity contribution in [3.05, 3.63) is 48.4 Å². The van der Waals surface area contributed by atoms with Crippen molar-refractivity contribution >= 4 is 6.03 Å². The minimum atomic E-state index is -0.0896. The zero-order valence-corrected chi connectivity index (χ0v) is 13.2. The molecule has 2 N–H and O–H groups in total. The lowest BCUT2D eigenvalue weighted by atomic mass is 9.96. The molecule has 1 fully saturated rings. The summed E-state index contributed by atoms with van der Waals surface area (Å²) in [7, 11) is 0. The van der Waals surface area contributed by atoms with E-state index in [1.165, 1.54) is 19.3 Å². The summed E-state index contributed by atoms with van der Waals surface area (Å²) in [5.41, 5.74) is 2.85.